The monoisotopic (exact) mass is 366 g/mol. The van der Waals surface area contributed by atoms with Crippen molar-refractivity contribution in [1.29, 1.82) is 0 Å². The van der Waals surface area contributed by atoms with Crippen molar-refractivity contribution in [3.05, 3.63) is 53.7 Å². The summed E-state index contributed by atoms with van der Waals surface area (Å²) in [5.74, 6) is -0.489. The number of hydrogen-bond acceptors (Lipinski definition) is 4. The van der Waals surface area contributed by atoms with Gasteiger partial charge in [0.15, 0.2) is 5.76 Å². The van der Waals surface area contributed by atoms with Crippen molar-refractivity contribution in [3.63, 3.8) is 0 Å². The van der Waals surface area contributed by atoms with Gasteiger partial charge in [-0.1, -0.05) is 0 Å². The number of hydrogen-bond donors (Lipinski definition) is 1. The van der Waals surface area contributed by atoms with Gasteiger partial charge in [-0.3, -0.25) is 4.79 Å². The second-order valence-corrected chi connectivity index (χ2v) is 7.98. The van der Waals surface area contributed by atoms with Crippen molar-refractivity contribution in [2.45, 2.75) is 30.7 Å². The summed E-state index contributed by atoms with van der Waals surface area (Å²) in [6.07, 6.45) is 2.47. The van der Waals surface area contributed by atoms with Crippen LogP contribution in [0.5, 0.6) is 0 Å². The van der Waals surface area contributed by atoms with E-state index < -0.39 is 15.8 Å². The Kier molecular flexibility index (Phi) is 4.91. The maximum absolute atomic E-state index is 13.0. The fourth-order valence-electron chi connectivity index (χ4n) is 2.85. The lowest BCUT2D eigenvalue weighted by atomic mass is 10.1. The first kappa shape index (κ1) is 17.6. The molecule has 25 heavy (non-hydrogen) atoms. The quantitative estimate of drug-likeness (QED) is 0.901. The van der Waals surface area contributed by atoms with Crippen molar-refractivity contribution < 1.29 is 22.0 Å². The molecular formula is C17H19FN2O4S. The smallest absolute Gasteiger partial charge is 0.287 e. The lowest BCUT2D eigenvalue weighted by Gasteiger charge is -2.31. The second kappa shape index (κ2) is 6.97. The Morgan fingerprint density at radius 2 is 1.84 bits per heavy atom. The Morgan fingerprint density at radius 3 is 2.40 bits per heavy atom. The lowest BCUT2D eigenvalue weighted by molar-refractivity contribution is 0.0895. The van der Waals surface area contributed by atoms with Crippen LogP contribution in [-0.4, -0.2) is 37.8 Å². The summed E-state index contributed by atoms with van der Waals surface area (Å²) in [5, 5.41) is 2.88. The van der Waals surface area contributed by atoms with Crippen molar-refractivity contribution in [2.24, 2.45) is 0 Å². The predicted molar refractivity (Wildman–Crippen MR) is 89.1 cm³/mol. The molecule has 1 amide bonds. The van der Waals surface area contributed by atoms with Crippen LogP contribution >= 0.6 is 0 Å². The summed E-state index contributed by atoms with van der Waals surface area (Å²) in [6.45, 7) is 2.37. The molecule has 1 N–H and O–H groups in total. The maximum Gasteiger partial charge on any atom is 0.287 e. The van der Waals surface area contributed by atoms with Gasteiger partial charge in [0.25, 0.3) is 5.91 Å². The van der Waals surface area contributed by atoms with E-state index in [4.69, 9.17) is 4.42 Å². The molecule has 1 aromatic carbocycles. The SMILES string of the molecule is Cc1ccoc1C(=O)NC1CCN(S(=O)(=O)c2ccc(F)cc2)CC1. The number of halogens is 1. The van der Waals surface area contributed by atoms with Crippen LogP contribution in [0.4, 0.5) is 4.39 Å². The standard InChI is InChI=1S/C17H19FN2O4S/c1-12-8-11-24-16(12)17(21)19-14-6-9-20(10-7-14)25(22,23)15-4-2-13(18)3-5-15/h2-5,8,11,14H,6-7,9-10H2,1H3,(H,19,21). The maximum atomic E-state index is 13.0. The highest BCUT2D eigenvalue weighted by Gasteiger charge is 2.30. The van der Waals surface area contributed by atoms with Crippen LogP contribution in [0.3, 0.4) is 0 Å². The number of piperidine rings is 1. The zero-order chi connectivity index (χ0) is 18.0. The van der Waals surface area contributed by atoms with E-state index in [1.54, 1.807) is 13.0 Å². The van der Waals surface area contributed by atoms with Crippen LogP contribution in [-0.2, 0) is 10.0 Å². The third-order valence-electron chi connectivity index (χ3n) is 4.31. The molecule has 2 aromatic rings. The molecule has 0 saturated carbocycles. The molecule has 0 radical (unpaired) electrons. The van der Waals surface area contributed by atoms with E-state index in [-0.39, 0.29) is 22.6 Å². The number of rotatable bonds is 4. The molecule has 0 atom stereocenters. The average molecular weight is 366 g/mol. The number of amides is 1. The Morgan fingerprint density at radius 1 is 1.20 bits per heavy atom. The van der Waals surface area contributed by atoms with E-state index in [9.17, 15) is 17.6 Å². The molecule has 1 fully saturated rings. The fraction of sp³-hybridized carbons (Fsp3) is 0.353. The van der Waals surface area contributed by atoms with Crippen LogP contribution in [0.15, 0.2) is 45.9 Å². The molecule has 2 heterocycles. The number of sulfonamides is 1. The average Bonchev–Trinajstić information content (AvgIpc) is 3.02. The molecule has 1 aliphatic rings. The molecule has 1 saturated heterocycles. The van der Waals surface area contributed by atoms with Gasteiger partial charge in [0.05, 0.1) is 11.2 Å². The molecule has 8 heteroatoms. The number of nitrogens with zero attached hydrogens (tertiary/aromatic N) is 1. The van der Waals surface area contributed by atoms with Crippen LogP contribution in [0.25, 0.3) is 0 Å². The van der Waals surface area contributed by atoms with Crippen LogP contribution in [0, 0.1) is 12.7 Å². The van der Waals surface area contributed by atoms with E-state index in [0.717, 1.165) is 17.7 Å². The Labute approximate surface area is 145 Å². The molecule has 134 valence electrons. The van der Waals surface area contributed by atoms with Gasteiger partial charge in [-0.15, -0.1) is 0 Å². The van der Waals surface area contributed by atoms with Crippen molar-refractivity contribution in [2.75, 3.05) is 13.1 Å². The van der Waals surface area contributed by atoms with E-state index >= 15 is 0 Å². The summed E-state index contributed by atoms with van der Waals surface area (Å²) >= 11 is 0. The van der Waals surface area contributed by atoms with E-state index in [2.05, 4.69) is 5.32 Å². The topological polar surface area (TPSA) is 79.6 Å². The van der Waals surface area contributed by atoms with E-state index in [1.165, 1.54) is 22.7 Å². The first-order valence-corrected chi connectivity index (χ1v) is 9.42. The molecule has 0 spiro atoms. The highest BCUT2D eigenvalue weighted by Crippen LogP contribution is 2.21. The normalized spacial score (nSPS) is 16.7. The van der Waals surface area contributed by atoms with Crippen LogP contribution in [0.1, 0.15) is 29.0 Å². The number of carbonyl (C=O) groups excluding carboxylic acids is 1. The van der Waals surface area contributed by atoms with Gasteiger partial charge in [0, 0.05) is 24.7 Å². The van der Waals surface area contributed by atoms with Crippen molar-refractivity contribution >= 4 is 15.9 Å². The third-order valence-corrected chi connectivity index (χ3v) is 6.22. The van der Waals surface area contributed by atoms with Crippen LogP contribution in [0.2, 0.25) is 0 Å². The zero-order valence-electron chi connectivity index (χ0n) is 13.7. The van der Waals surface area contributed by atoms with Gasteiger partial charge < -0.3 is 9.73 Å². The van der Waals surface area contributed by atoms with Crippen LogP contribution < -0.4 is 5.32 Å². The van der Waals surface area contributed by atoms with Gasteiger partial charge in [-0.2, -0.15) is 4.31 Å². The second-order valence-electron chi connectivity index (χ2n) is 6.04. The molecular weight excluding hydrogens is 347 g/mol. The van der Waals surface area contributed by atoms with Gasteiger partial charge in [-0.25, -0.2) is 12.8 Å². The minimum atomic E-state index is -3.65. The Hall–Kier alpha value is -2.19. The number of furan rings is 1. The van der Waals surface area contributed by atoms with E-state index in [0.29, 0.717) is 25.9 Å². The summed E-state index contributed by atoms with van der Waals surface area (Å²) in [5.41, 5.74) is 0.758. The van der Waals surface area contributed by atoms with Gasteiger partial charge in [0.2, 0.25) is 10.0 Å². The largest absolute Gasteiger partial charge is 0.459 e. The molecule has 1 aromatic heterocycles. The number of benzene rings is 1. The van der Waals surface area contributed by atoms with Crippen molar-refractivity contribution in [3.8, 4) is 0 Å². The summed E-state index contributed by atoms with van der Waals surface area (Å²) in [7, 11) is -3.65. The number of carbonyl (C=O) groups is 1. The molecule has 0 unspecified atom stereocenters. The van der Waals surface area contributed by atoms with Gasteiger partial charge in [-0.05, 0) is 50.1 Å². The fourth-order valence-corrected chi connectivity index (χ4v) is 4.32. The highest BCUT2D eigenvalue weighted by molar-refractivity contribution is 7.89. The minimum absolute atomic E-state index is 0.0718. The molecule has 3 rings (SSSR count). The molecule has 0 bridgehead atoms. The van der Waals surface area contributed by atoms with E-state index in [1.807, 2.05) is 0 Å². The number of aryl methyl sites for hydroxylation is 1. The predicted octanol–water partition coefficient (Wildman–Crippen LogP) is 2.31. The molecule has 0 aliphatic carbocycles. The Balaban J connectivity index is 1.61. The zero-order valence-corrected chi connectivity index (χ0v) is 14.6. The minimum Gasteiger partial charge on any atom is -0.459 e. The lowest BCUT2D eigenvalue weighted by Crippen LogP contribution is -2.46. The third kappa shape index (κ3) is 3.74. The van der Waals surface area contributed by atoms with Gasteiger partial charge in [0.1, 0.15) is 5.82 Å². The Bertz CT molecular complexity index is 853. The molecule has 6 nitrogen and oxygen atoms in total. The summed E-state index contributed by atoms with van der Waals surface area (Å²) in [6, 6.07) is 6.39. The number of nitrogens with one attached hydrogen (secondary N) is 1. The first-order chi connectivity index (χ1) is 11.9. The molecule has 1 aliphatic heterocycles. The summed E-state index contributed by atoms with van der Waals surface area (Å²) in [4.78, 5) is 12.2. The first-order valence-electron chi connectivity index (χ1n) is 7.98. The highest BCUT2D eigenvalue weighted by atomic mass is 32.2. The van der Waals surface area contributed by atoms with Crippen molar-refractivity contribution in [1.82, 2.24) is 9.62 Å². The summed E-state index contributed by atoms with van der Waals surface area (Å²) < 4.78 is 44.6. The van der Waals surface area contributed by atoms with Gasteiger partial charge >= 0.3 is 0 Å².